The summed E-state index contributed by atoms with van der Waals surface area (Å²) < 4.78 is 5.83. The number of hydrogen-bond acceptors (Lipinski definition) is 2. The maximum absolute atomic E-state index is 6.55. The Hall–Kier alpha value is -2.00. The van der Waals surface area contributed by atoms with Gasteiger partial charge in [-0.25, -0.2) is 0 Å². The van der Waals surface area contributed by atoms with E-state index in [1.165, 1.54) is 0 Å². The molecule has 0 unspecified atom stereocenters. The second-order valence-corrected chi connectivity index (χ2v) is 6.46. The molecule has 1 heterocycles. The molecule has 0 aliphatic rings. The summed E-state index contributed by atoms with van der Waals surface area (Å²) in [6, 6.07) is 16.8. The molecule has 0 fully saturated rings. The minimum atomic E-state index is 0.434. The summed E-state index contributed by atoms with van der Waals surface area (Å²) >= 11 is 19.1. The van der Waals surface area contributed by atoms with Crippen molar-refractivity contribution in [1.29, 1.82) is 0 Å². The van der Waals surface area contributed by atoms with Crippen LogP contribution in [0.2, 0.25) is 15.1 Å². The van der Waals surface area contributed by atoms with Crippen LogP contribution in [0.1, 0.15) is 0 Å². The van der Waals surface area contributed by atoms with E-state index in [1.807, 2.05) is 42.5 Å². The Kier molecular flexibility index (Phi) is 3.97. The van der Waals surface area contributed by atoms with Crippen LogP contribution in [0.25, 0.3) is 21.7 Å². The first-order valence-electron chi connectivity index (χ1n) is 7.23. The fraction of sp³-hybridized carbons (Fsp3) is 0. The van der Waals surface area contributed by atoms with Crippen LogP contribution in [0.5, 0.6) is 11.5 Å². The molecule has 24 heavy (non-hydrogen) atoms. The Labute approximate surface area is 153 Å². The molecule has 5 heteroatoms. The van der Waals surface area contributed by atoms with E-state index < -0.39 is 0 Å². The van der Waals surface area contributed by atoms with Crippen molar-refractivity contribution in [3.8, 4) is 11.5 Å². The van der Waals surface area contributed by atoms with E-state index in [0.717, 1.165) is 21.7 Å². The Morgan fingerprint density at radius 3 is 2.21 bits per heavy atom. The topological polar surface area (TPSA) is 22.1 Å². The van der Waals surface area contributed by atoms with E-state index >= 15 is 0 Å². The number of ether oxygens (including phenoxy) is 1. The molecular formula is C19H10Cl3NO. The Balaban J connectivity index is 1.92. The summed E-state index contributed by atoms with van der Waals surface area (Å²) in [5.41, 5.74) is 0.784. The molecule has 4 aromatic rings. The molecule has 3 aromatic carbocycles. The highest BCUT2D eigenvalue weighted by atomic mass is 35.5. The van der Waals surface area contributed by atoms with Gasteiger partial charge in [-0.05, 0) is 18.2 Å². The first-order valence-corrected chi connectivity index (χ1v) is 8.36. The summed E-state index contributed by atoms with van der Waals surface area (Å²) in [6.45, 7) is 0. The molecule has 0 amide bonds. The van der Waals surface area contributed by atoms with E-state index in [4.69, 9.17) is 39.5 Å². The molecule has 2 nitrogen and oxygen atoms in total. The third kappa shape index (κ3) is 2.57. The van der Waals surface area contributed by atoms with Crippen LogP contribution < -0.4 is 4.74 Å². The second kappa shape index (κ2) is 6.14. The Morgan fingerprint density at radius 2 is 1.42 bits per heavy atom. The van der Waals surface area contributed by atoms with Gasteiger partial charge in [0.1, 0.15) is 5.75 Å². The third-order valence-corrected chi connectivity index (χ3v) is 4.80. The maximum Gasteiger partial charge on any atom is 0.165 e. The van der Waals surface area contributed by atoms with Crippen LogP contribution in [0.15, 0.2) is 60.8 Å². The van der Waals surface area contributed by atoms with Gasteiger partial charge < -0.3 is 4.74 Å². The molecule has 1 aromatic heterocycles. The van der Waals surface area contributed by atoms with Crippen molar-refractivity contribution in [3.05, 3.63) is 75.9 Å². The van der Waals surface area contributed by atoms with E-state index in [1.54, 1.807) is 18.3 Å². The molecular weight excluding hydrogens is 365 g/mol. The Bertz CT molecular complexity index is 1080. The number of nitrogens with zero attached hydrogens (tertiary/aromatic N) is 1. The number of pyridine rings is 1. The largest absolute Gasteiger partial charge is 0.453 e. The first-order chi connectivity index (χ1) is 11.6. The van der Waals surface area contributed by atoms with Gasteiger partial charge in [-0.15, -0.1) is 0 Å². The van der Waals surface area contributed by atoms with Gasteiger partial charge in [0, 0.05) is 21.2 Å². The Morgan fingerprint density at radius 1 is 0.708 bits per heavy atom. The van der Waals surface area contributed by atoms with Crippen molar-refractivity contribution in [2.24, 2.45) is 0 Å². The monoisotopic (exact) mass is 373 g/mol. The number of para-hydroxylation sites is 1. The van der Waals surface area contributed by atoms with Crippen LogP contribution in [0, 0.1) is 0 Å². The molecule has 0 atom stereocenters. The molecule has 0 spiro atoms. The van der Waals surface area contributed by atoms with Crippen molar-refractivity contribution >= 4 is 56.5 Å². The minimum absolute atomic E-state index is 0.434. The predicted octanol–water partition coefficient (Wildman–Crippen LogP) is 7.14. The first kappa shape index (κ1) is 15.5. The van der Waals surface area contributed by atoms with E-state index in [9.17, 15) is 0 Å². The van der Waals surface area contributed by atoms with Gasteiger partial charge in [0.25, 0.3) is 0 Å². The summed E-state index contributed by atoms with van der Waals surface area (Å²) in [4.78, 5) is 4.53. The van der Waals surface area contributed by atoms with Crippen LogP contribution in [-0.4, -0.2) is 4.98 Å². The zero-order valence-electron chi connectivity index (χ0n) is 12.3. The van der Waals surface area contributed by atoms with Gasteiger partial charge in [0.05, 0.1) is 21.8 Å². The molecule has 0 saturated heterocycles. The molecule has 4 rings (SSSR count). The fourth-order valence-corrected chi connectivity index (χ4v) is 3.33. The number of fused-ring (bicyclic) bond motifs is 3. The summed E-state index contributed by atoms with van der Waals surface area (Å²) in [7, 11) is 0. The van der Waals surface area contributed by atoms with Gasteiger partial charge in [0.15, 0.2) is 5.75 Å². The van der Waals surface area contributed by atoms with Crippen LogP contribution in [-0.2, 0) is 0 Å². The number of benzene rings is 3. The van der Waals surface area contributed by atoms with Crippen LogP contribution >= 0.6 is 34.8 Å². The van der Waals surface area contributed by atoms with Gasteiger partial charge in [-0.1, -0.05) is 71.2 Å². The smallest absolute Gasteiger partial charge is 0.165 e. The lowest BCUT2D eigenvalue weighted by Gasteiger charge is -2.12. The van der Waals surface area contributed by atoms with Gasteiger partial charge in [-0.3, -0.25) is 4.98 Å². The van der Waals surface area contributed by atoms with Crippen LogP contribution in [0.4, 0.5) is 0 Å². The molecule has 0 saturated carbocycles. The molecule has 0 aliphatic heterocycles. The highest BCUT2D eigenvalue weighted by Gasteiger charge is 2.14. The molecule has 0 bridgehead atoms. The summed E-state index contributed by atoms with van der Waals surface area (Å²) in [6.07, 6.45) is 1.61. The van der Waals surface area contributed by atoms with Crippen molar-refractivity contribution in [2.75, 3.05) is 0 Å². The minimum Gasteiger partial charge on any atom is -0.453 e. The van der Waals surface area contributed by atoms with Gasteiger partial charge >= 0.3 is 0 Å². The highest BCUT2D eigenvalue weighted by molar-refractivity contribution is 6.41. The van der Waals surface area contributed by atoms with Crippen molar-refractivity contribution < 1.29 is 4.74 Å². The SMILES string of the molecule is Clc1ccccc1Oc1cnc2c(cc(Cl)c3ccccc32)c1Cl. The normalized spacial score (nSPS) is 11.1. The number of aromatic nitrogens is 1. The van der Waals surface area contributed by atoms with E-state index in [0.29, 0.717) is 26.6 Å². The summed E-state index contributed by atoms with van der Waals surface area (Å²) in [5.74, 6) is 0.956. The van der Waals surface area contributed by atoms with Crippen molar-refractivity contribution in [3.63, 3.8) is 0 Å². The lowest BCUT2D eigenvalue weighted by atomic mass is 10.1. The standard InChI is InChI=1S/C19H10Cl3NO/c20-14-7-3-4-8-16(14)24-17-10-23-19-12-6-2-1-5-11(12)15(21)9-13(19)18(17)22/h1-10H. The zero-order valence-corrected chi connectivity index (χ0v) is 14.5. The van der Waals surface area contributed by atoms with Crippen molar-refractivity contribution in [1.82, 2.24) is 4.98 Å². The average Bonchev–Trinajstić information content (AvgIpc) is 2.60. The lowest BCUT2D eigenvalue weighted by molar-refractivity contribution is 0.482. The second-order valence-electron chi connectivity index (χ2n) is 5.27. The average molecular weight is 375 g/mol. The highest BCUT2D eigenvalue weighted by Crippen LogP contribution is 2.40. The quantitative estimate of drug-likeness (QED) is 0.348. The zero-order chi connectivity index (χ0) is 16.7. The molecule has 0 radical (unpaired) electrons. The number of hydrogen-bond donors (Lipinski definition) is 0. The van der Waals surface area contributed by atoms with E-state index in [-0.39, 0.29) is 0 Å². The lowest BCUT2D eigenvalue weighted by Crippen LogP contribution is -1.90. The van der Waals surface area contributed by atoms with Gasteiger partial charge in [0.2, 0.25) is 0 Å². The van der Waals surface area contributed by atoms with E-state index in [2.05, 4.69) is 4.98 Å². The van der Waals surface area contributed by atoms with Gasteiger partial charge in [-0.2, -0.15) is 0 Å². The third-order valence-electron chi connectivity index (χ3n) is 3.79. The molecule has 118 valence electrons. The fourth-order valence-electron chi connectivity index (χ4n) is 2.65. The number of rotatable bonds is 2. The summed E-state index contributed by atoms with van der Waals surface area (Å²) in [5, 5.41) is 4.21. The molecule has 0 N–H and O–H groups in total. The molecule has 0 aliphatic carbocycles. The number of halogens is 3. The van der Waals surface area contributed by atoms with Crippen LogP contribution in [0.3, 0.4) is 0 Å². The predicted molar refractivity (Wildman–Crippen MR) is 101 cm³/mol. The maximum atomic E-state index is 6.55. The van der Waals surface area contributed by atoms with Crippen molar-refractivity contribution in [2.45, 2.75) is 0 Å².